The number of unbranched alkanes of at least 4 members (excludes halogenated alkanes) is 2. The van der Waals surface area contributed by atoms with Gasteiger partial charge in [-0.15, -0.1) is 0 Å². The third-order valence-electron chi connectivity index (χ3n) is 4.22. The maximum Gasteiger partial charge on any atom is 0.185 e. The zero-order valence-corrected chi connectivity index (χ0v) is 16.1. The van der Waals surface area contributed by atoms with Gasteiger partial charge in [0.1, 0.15) is 0 Å². The Morgan fingerprint density at radius 2 is 1.45 bits per heavy atom. The number of hydrogen-bond donors (Lipinski definition) is 0. The van der Waals surface area contributed by atoms with Crippen molar-refractivity contribution in [1.29, 1.82) is 0 Å². The third kappa shape index (κ3) is 10.1. The molecule has 2 atom stereocenters. The molecule has 0 amide bonds. The first-order valence-corrected chi connectivity index (χ1v) is 9.69. The highest BCUT2D eigenvalue weighted by atomic mass is 79.9. The van der Waals surface area contributed by atoms with E-state index in [0.717, 1.165) is 18.5 Å². The largest absolute Gasteiger partial charge is 0.185 e. The average Bonchev–Trinajstić information content (AvgIpc) is 2.38. The summed E-state index contributed by atoms with van der Waals surface area (Å²) in [5.74, 6) is 1.71. The second-order valence-electron chi connectivity index (χ2n) is 6.69. The third-order valence-corrected chi connectivity index (χ3v) is 5.19. The topological polar surface area (TPSA) is 0 Å². The van der Waals surface area contributed by atoms with Crippen molar-refractivity contribution in [3.05, 3.63) is 10.5 Å². The molecule has 118 valence electrons. The van der Waals surface area contributed by atoms with Crippen LogP contribution in [0.2, 0.25) is 12.6 Å². The van der Waals surface area contributed by atoms with Gasteiger partial charge in [0.25, 0.3) is 0 Å². The van der Waals surface area contributed by atoms with Crippen LogP contribution in [0.25, 0.3) is 0 Å². The van der Waals surface area contributed by atoms with Crippen LogP contribution in [-0.2, 0) is 0 Å². The Kier molecular flexibility index (Phi) is 13.2. The van der Waals surface area contributed by atoms with Gasteiger partial charge in [0.2, 0.25) is 0 Å². The van der Waals surface area contributed by atoms with Crippen LogP contribution in [0.4, 0.5) is 0 Å². The zero-order valence-electron chi connectivity index (χ0n) is 14.6. The molecule has 0 aromatic heterocycles. The molecule has 0 aliphatic heterocycles. The molecule has 0 saturated heterocycles. The quantitative estimate of drug-likeness (QED) is 0.256. The Balaban J connectivity index is 4.54. The molecule has 0 aromatic rings. The summed E-state index contributed by atoms with van der Waals surface area (Å²) in [6.07, 6.45) is 14.4. The summed E-state index contributed by atoms with van der Waals surface area (Å²) < 4.78 is 1.48. The monoisotopic (exact) mass is 342 g/mol. The number of hydrogen-bond acceptors (Lipinski definition) is 0. The predicted molar refractivity (Wildman–Crippen MR) is 100 cm³/mol. The van der Waals surface area contributed by atoms with Gasteiger partial charge in [-0.1, -0.05) is 120 Å². The molecule has 0 spiro atoms. The van der Waals surface area contributed by atoms with Gasteiger partial charge in [-0.3, -0.25) is 0 Å². The van der Waals surface area contributed by atoms with Gasteiger partial charge >= 0.3 is 0 Å². The van der Waals surface area contributed by atoms with Gasteiger partial charge in [-0.2, -0.15) is 0 Å². The lowest BCUT2D eigenvalue weighted by Gasteiger charge is -2.21. The van der Waals surface area contributed by atoms with Gasteiger partial charge in [-0.05, 0) is 10.8 Å². The van der Waals surface area contributed by atoms with Crippen LogP contribution in [0.3, 0.4) is 0 Å². The SMILES string of the molecule is CCCCC=C(Br)B(CC(C)CCC)CC(C)CCC. The Morgan fingerprint density at radius 3 is 1.85 bits per heavy atom. The van der Waals surface area contributed by atoms with Gasteiger partial charge in [0, 0.05) is 0 Å². The Hall–Kier alpha value is 0.285. The van der Waals surface area contributed by atoms with Gasteiger partial charge < -0.3 is 0 Å². The van der Waals surface area contributed by atoms with Crippen molar-refractivity contribution in [3.63, 3.8) is 0 Å². The van der Waals surface area contributed by atoms with Crippen molar-refractivity contribution >= 4 is 22.6 Å². The summed E-state index contributed by atoms with van der Waals surface area (Å²) in [4.78, 5) is 0. The highest BCUT2D eigenvalue weighted by Gasteiger charge is 2.22. The van der Waals surface area contributed by atoms with Gasteiger partial charge in [-0.25, -0.2) is 0 Å². The van der Waals surface area contributed by atoms with Crippen molar-refractivity contribution in [3.8, 4) is 0 Å². The van der Waals surface area contributed by atoms with Crippen LogP contribution < -0.4 is 0 Å². The molecule has 0 rings (SSSR count). The first-order chi connectivity index (χ1) is 9.54. The van der Waals surface area contributed by atoms with E-state index < -0.39 is 0 Å². The molecular formula is C18H36BBr. The molecule has 0 aliphatic rings. The minimum absolute atomic E-state index is 0.745. The van der Waals surface area contributed by atoms with Crippen LogP contribution >= 0.6 is 15.9 Å². The lowest BCUT2D eigenvalue weighted by atomic mass is 9.41. The summed E-state index contributed by atoms with van der Waals surface area (Å²) in [5.41, 5.74) is 0. The maximum absolute atomic E-state index is 3.89. The minimum Gasteiger partial charge on any atom is -0.0834 e. The number of allylic oxidation sites excluding steroid dienone is 1. The molecule has 0 N–H and O–H groups in total. The summed E-state index contributed by atoms with van der Waals surface area (Å²) in [6, 6.07) is 0. The zero-order chi connectivity index (χ0) is 15.4. The summed E-state index contributed by atoms with van der Waals surface area (Å²) in [5, 5.41) is 0. The molecule has 0 aliphatic carbocycles. The summed E-state index contributed by atoms with van der Waals surface area (Å²) >= 11 is 3.89. The Morgan fingerprint density at radius 1 is 0.950 bits per heavy atom. The van der Waals surface area contributed by atoms with Crippen molar-refractivity contribution in [2.24, 2.45) is 11.8 Å². The lowest BCUT2D eigenvalue weighted by molar-refractivity contribution is 0.550. The summed E-state index contributed by atoms with van der Waals surface area (Å²) in [6.45, 7) is 12.5. The fraction of sp³-hybridized carbons (Fsp3) is 0.889. The molecule has 2 unspecified atom stereocenters. The predicted octanol–water partition coefficient (Wildman–Crippen LogP) is 7.36. The van der Waals surface area contributed by atoms with E-state index in [0.29, 0.717) is 0 Å². The van der Waals surface area contributed by atoms with Gasteiger partial charge in [0.05, 0.1) is 0 Å². The Bertz CT molecular complexity index is 236. The molecule has 0 saturated carbocycles. The highest BCUT2D eigenvalue weighted by Crippen LogP contribution is 2.28. The van der Waals surface area contributed by atoms with Crippen LogP contribution in [-0.4, -0.2) is 6.71 Å². The molecule has 0 nitrogen and oxygen atoms in total. The smallest absolute Gasteiger partial charge is 0.0834 e. The Labute approximate surface area is 137 Å². The molecular weight excluding hydrogens is 307 g/mol. The van der Waals surface area contributed by atoms with E-state index in [1.807, 2.05) is 0 Å². The fourth-order valence-electron chi connectivity index (χ4n) is 3.12. The number of halogens is 1. The molecule has 2 heteroatoms. The molecule has 0 heterocycles. The second-order valence-corrected chi connectivity index (χ2v) is 7.60. The molecule has 0 radical (unpaired) electrons. The van der Waals surface area contributed by atoms with Crippen molar-refractivity contribution in [2.45, 2.75) is 92.2 Å². The maximum atomic E-state index is 3.89. The normalized spacial score (nSPS) is 15.2. The van der Waals surface area contributed by atoms with E-state index in [1.165, 1.54) is 62.0 Å². The van der Waals surface area contributed by atoms with E-state index in [4.69, 9.17) is 0 Å². The number of rotatable bonds is 12. The van der Waals surface area contributed by atoms with E-state index >= 15 is 0 Å². The van der Waals surface area contributed by atoms with E-state index in [2.05, 4.69) is 56.6 Å². The molecule has 0 aromatic carbocycles. The van der Waals surface area contributed by atoms with Crippen LogP contribution in [0.5, 0.6) is 0 Å². The van der Waals surface area contributed by atoms with Crippen LogP contribution in [0, 0.1) is 11.8 Å². The van der Waals surface area contributed by atoms with Crippen molar-refractivity contribution in [1.82, 2.24) is 0 Å². The summed E-state index contributed by atoms with van der Waals surface area (Å²) in [7, 11) is 0. The van der Waals surface area contributed by atoms with Crippen LogP contribution in [0.1, 0.15) is 79.6 Å². The van der Waals surface area contributed by atoms with E-state index in [9.17, 15) is 0 Å². The standard InChI is InChI=1S/C18H36BBr/c1-6-9-10-13-18(20)19(14-16(4)11-7-2)15-17(5)12-8-3/h13,16-17H,6-12,14-15H2,1-5H3. The van der Waals surface area contributed by atoms with Crippen molar-refractivity contribution < 1.29 is 0 Å². The average molecular weight is 343 g/mol. The van der Waals surface area contributed by atoms with E-state index in [1.54, 1.807) is 0 Å². The first kappa shape index (κ1) is 20.3. The second kappa shape index (κ2) is 13.0. The van der Waals surface area contributed by atoms with Crippen LogP contribution in [0.15, 0.2) is 10.5 Å². The van der Waals surface area contributed by atoms with E-state index in [-0.39, 0.29) is 0 Å². The molecule has 20 heavy (non-hydrogen) atoms. The van der Waals surface area contributed by atoms with Gasteiger partial charge in [0.15, 0.2) is 6.71 Å². The first-order valence-electron chi connectivity index (χ1n) is 8.90. The van der Waals surface area contributed by atoms with Crippen molar-refractivity contribution in [2.75, 3.05) is 0 Å². The minimum atomic E-state index is 0.745. The molecule has 0 bridgehead atoms. The fourth-order valence-corrected chi connectivity index (χ4v) is 3.73. The highest BCUT2D eigenvalue weighted by molar-refractivity contribution is 9.12. The molecule has 0 fully saturated rings. The lowest BCUT2D eigenvalue weighted by Crippen LogP contribution is -2.20.